The van der Waals surface area contributed by atoms with Gasteiger partial charge in [-0.15, -0.1) is 0 Å². The van der Waals surface area contributed by atoms with Crippen molar-refractivity contribution in [1.82, 2.24) is 4.90 Å². The van der Waals surface area contributed by atoms with E-state index in [9.17, 15) is 4.79 Å². The molecule has 17 heavy (non-hydrogen) atoms. The summed E-state index contributed by atoms with van der Waals surface area (Å²) in [7, 11) is 1.98. The average Bonchev–Trinajstić information content (AvgIpc) is 2.99. The highest BCUT2D eigenvalue weighted by molar-refractivity contribution is 5.85. The Morgan fingerprint density at radius 2 is 2.18 bits per heavy atom. The smallest absolute Gasteiger partial charge is 0.239 e. The lowest BCUT2D eigenvalue weighted by Crippen LogP contribution is -2.60. The molecule has 0 spiro atoms. The highest BCUT2D eigenvalue weighted by Crippen LogP contribution is 2.38. The van der Waals surface area contributed by atoms with E-state index in [4.69, 9.17) is 16.2 Å². The second-order valence-corrected chi connectivity index (χ2v) is 5.51. The molecule has 1 amide bonds. The Balaban J connectivity index is 1.86. The highest BCUT2D eigenvalue weighted by Gasteiger charge is 2.47. The van der Waals surface area contributed by atoms with Crippen LogP contribution in [0.3, 0.4) is 0 Å². The normalized spacial score (nSPS) is 28.3. The van der Waals surface area contributed by atoms with Gasteiger partial charge in [0, 0.05) is 19.7 Å². The molecule has 0 bridgehead atoms. The van der Waals surface area contributed by atoms with E-state index >= 15 is 0 Å². The zero-order valence-electron chi connectivity index (χ0n) is 10.5. The van der Waals surface area contributed by atoms with Gasteiger partial charge in [-0.1, -0.05) is 0 Å². The number of nitrogens with two attached hydrogens (primary N) is 2. The molecule has 2 unspecified atom stereocenters. The summed E-state index contributed by atoms with van der Waals surface area (Å²) < 4.78 is 5.58. The fraction of sp³-hybridized carbons (Fsp3) is 0.917. The van der Waals surface area contributed by atoms with E-state index in [1.54, 1.807) is 0 Å². The lowest BCUT2D eigenvalue weighted by atomic mass is 9.93. The summed E-state index contributed by atoms with van der Waals surface area (Å²) in [6.07, 6.45) is 4.56. The van der Waals surface area contributed by atoms with Crippen LogP contribution in [0.5, 0.6) is 0 Å². The fourth-order valence-corrected chi connectivity index (χ4v) is 2.65. The molecule has 0 aromatic carbocycles. The van der Waals surface area contributed by atoms with Crippen LogP contribution in [-0.2, 0) is 9.53 Å². The minimum Gasteiger partial charge on any atom is -0.377 e. The second-order valence-electron chi connectivity index (χ2n) is 5.51. The number of primary amides is 1. The zero-order chi connectivity index (χ0) is 12.5. The predicted octanol–water partition coefficient (Wildman–Crippen LogP) is -0.310. The Labute approximate surface area is 102 Å². The largest absolute Gasteiger partial charge is 0.377 e. The van der Waals surface area contributed by atoms with Gasteiger partial charge in [0.05, 0.1) is 6.10 Å². The van der Waals surface area contributed by atoms with Crippen molar-refractivity contribution in [3.8, 4) is 0 Å². The molecule has 1 saturated heterocycles. The first-order valence-electron chi connectivity index (χ1n) is 6.41. The Hall–Kier alpha value is -0.650. The van der Waals surface area contributed by atoms with Crippen LogP contribution in [0.15, 0.2) is 0 Å². The predicted molar refractivity (Wildman–Crippen MR) is 65.3 cm³/mol. The average molecular weight is 241 g/mol. The van der Waals surface area contributed by atoms with Gasteiger partial charge in [0.15, 0.2) is 0 Å². The van der Waals surface area contributed by atoms with Crippen LogP contribution >= 0.6 is 0 Å². The first-order chi connectivity index (χ1) is 8.02. The molecule has 5 nitrogen and oxygen atoms in total. The van der Waals surface area contributed by atoms with Crippen molar-refractivity contribution in [2.45, 2.75) is 37.3 Å². The van der Waals surface area contributed by atoms with Gasteiger partial charge in [-0.05, 0) is 38.6 Å². The number of amides is 1. The van der Waals surface area contributed by atoms with Crippen molar-refractivity contribution in [2.24, 2.45) is 17.4 Å². The zero-order valence-corrected chi connectivity index (χ0v) is 10.5. The van der Waals surface area contributed by atoms with E-state index in [0.717, 1.165) is 38.8 Å². The topological polar surface area (TPSA) is 81.6 Å². The molecular formula is C12H23N3O2. The van der Waals surface area contributed by atoms with Crippen LogP contribution in [0.2, 0.25) is 0 Å². The van der Waals surface area contributed by atoms with Crippen molar-refractivity contribution in [3.05, 3.63) is 0 Å². The van der Waals surface area contributed by atoms with Gasteiger partial charge in [-0.3, -0.25) is 4.79 Å². The number of ether oxygens (including phenoxy) is 1. The highest BCUT2D eigenvalue weighted by atomic mass is 16.5. The SMILES string of the molecule is CN(CC1CCCO1)CC(N)(C(N)=O)C1CC1. The Bertz CT molecular complexity index is 287. The van der Waals surface area contributed by atoms with Crippen LogP contribution in [0, 0.1) is 5.92 Å². The maximum absolute atomic E-state index is 11.5. The van der Waals surface area contributed by atoms with E-state index < -0.39 is 5.54 Å². The molecule has 0 aromatic heterocycles. The van der Waals surface area contributed by atoms with Crippen LogP contribution in [0.25, 0.3) is 0 Å². The lowest BCUT2D eigenvalue weighted by molar-refractivity contribution is -0.124. The first-order valence-corrected chi connectivity index (χ1v) is 6.41. The molecule has 1 aliphatic heterocycles. The van der Waals surface area contributed by atoms with Crippen molar-refractivity contribution < 1.29 is 9.53 Å². The molecule has 2 fully saturated rings. The second kappa shape index (κ2) is 4.92. The Morgan fingerprint density at radius 3 is 2.65 bits per heavy atom. The van der Waals surface area contributed by atoms with Crippen LogP contribution in [0.4, 0.5) is 0 Å². The molecule has 5 heteroatoms. The molecule has 1 aliphatic carbocycles. The van der Waals surface area contributed by atoms with Gasteiger partial charge in [0.1, 0.15) is 5.54 Å². The Kier molecular flexibility index (Phi) is 3.70. The first kappa shape index (κ1) is 12.8. The number of hydrogen-bond acceptors (Lipinski definition) is 4. The van der Waals surface area contributed by atoms with E-state index in [2.05, 4.69) is 4.90 Å². The van der Waals surface area contributed by atoms with E-state index in [1.807, 2.05) is 7.05 Å². The van der Waals surface area contributed by atoms with Crippen molar-refractivity contribution in [2.75, 3.05) is 26.7 Å². The molecule has 0 radical (unpaired) electrons. The van der Waals surface area contributed by atoms with E-state index in [-0.39, 0.29) is 17.9 Å². The summed E-state index contributed by atoms with van der Waals surface area (Å²) in [5.41, 5.74) is 10.8. The quantitative estimate of drug-likeness (QED) is 0.668. The van der Waals surface area contributed by atoms with Gasteiger partial charge in [-0.25, -0.2) is 0 Å². The minimum atomic E-state index is -0.854. The van der Waals surface area contributed by atoms with Crippen molar-refractivity contribution in [3.63, 3.8) is 0 Å². The molecule has 0 aromatic rings. The maximum atomic E-state index is 11.5. The summed E-state index contributed by atoms with van der Waals surface area (Å²) in [5.74, 6) is -0.105. The molecule has 4 N–H and O–H groups in total. The summed E-state index contributed by atoms with van der Waals surface area (Å²) in [5, 5.41) is 0. The summed E-state index contributed by atoms with van der Waals surface area (Å²) >= 11 is 0. The molecule has 2 atom stereocenters. The van der Waals surface area contributed by atoms with Gasteiger partial charge >= 0.3 is 0 Å². The number of hydrogen-bond donors (Lipinski definition) is 2. The third kappa shape index (κ3) is 2.97. The van der Waals surface area contributed by atoms with Gasteiger partial charge < -0.3 is 21.1 Å². The number of carbonyl (C=O) groups is 1. The van der Waals surface area contributed by atoms with E-state index in [1.165, 1.54) is 0 Å². The maximum Gasteiger partial charge on any atom is 0.239 e. The molecule has 1 heterocycles. The van der Waals surface area contributed by atoms with Gasteiger partial charge in [0.2, 0.25) is 5.91 Å². The van der Waals surface area contributed by atoms with Gasteiger partial charge in [0.25, 0.3) is 0 Å². The van der Waals surface area contributed by atoms with E-state index in [0.29, 0.717) is 6.54 Å². The van der Waals surface area contributed by atoms with Crippen LogP contribution < -0.4 is 11.5 Å². The van der Waals surface area contributed by atoms with Gasteiger partial charge in [-0.2, -0.15) is 0 Å². The summed E-state index contributed by atoms with van der Waals surface area (Å²) in [4.78, 5) is 13.6. The summed E-state index contributed by atoms with van der Waals surface area (Å²) in [6, 6.07) is 0. The van der Waals surface area contributed by atoms with Crippen molar-refractivity contribution in [1.29, 1.82) is 0 Å². The fourth-order valence-electron chi connectivity index (χ4n) is 2.65. The molecule has 1 saturated carbocycles. The molecule has 2 rings (SSSR count). The van der Waals surface area contributed by atoms with Crippen LogP contribution in [-0.4, -0.2) is 49.2 Å². The number of nitrogens with zero attached hydrogens (tertiary/aromatic N) is 1. The number of carbonyl (C=O) groups excluding carboxylic acids is 1. The summed E-state index contributed by atoms with van der Waals surface area (Å²) in [6.45, 7) is 2.22. The third-order valence-electron chi connectivity index (χ3n) is 3.84. The third-order valence-corrected chi connectivity index (χ3v) is 3.84. The lowest BCUT2D eigenvalue weighted by Gasteiger charge is -2.32. The Morgan fingerprint density at radius 1 is 1.47 bits per heavy atom. The minimum absolute atomic E-state index is 0.270. The molecular weight excluding hydrogens is 218 g/mol. The standard InChI is InChI=1S/C12H23N3O2/c1-15(7-10-3-2-6-17-10)8-12(14,11(13)16)9-4-5-9/h9-10H,2-8,14H2,1H3,(H2,13,16). The number of rotatable bonds is 6. The molecule has 2 aliphatic rings. The van der Waals surface area contributed by atoms with Crippen LogP contribution in [0.1, 0.15) is 25.7 Å². The monoisotopic (exact) mass is 241 g/mol. The number of likely N-dealkylation sites (N-methyl/N-ethyl adjacent to an activating group) is 1. The molecule has 98 valence electrons. The van der Waals surface area contributed by atoms with Crippen molar-refractivity contribution >= 4 is 5.91 Å².